The predicted molar refractivity (Wildman–Crippen MR) is 112 cm³/mol. The Labute approximate surface area is 174 Å². The molecule has 2 bridgehead atoms. The monoisotopic (exact) mass is 400 g/mol. The Balaban J connectivity index is 1.65. The van der Waals surface area contributed by atoms with Crippen molar-refractivity contribution in [3.05, 3.63) is 23.8 Å². The molecule has 0 amide bonds. The third-order valence-electron chi connectivity index (χ3n) is 9.52. The minimum absolute atomic E-state index is 0.00164. The van der Waals surface area contributed by atoms with Crippen LogP contribution in [0.25, 0.3) is 0 Å². The van der Waals surface area contributed by atoms with Gasteiger partial charge in [-0.05, 0) is 93.8 Å². The van der Waals surface area contributed by atoms with E-state index in [1.165, 1.54) is 24.8 Å². The van der Waals surface area contributed by atoms with E-state index in [2.05, 4.69) is 13.5 Å². The van der Waals surface area contributed by atoms with Crippen LogP contribution in [-0.4, -0.2) is 23.7 Å². The molecule has 4 heteroatoms. The summed E-state index contributed by atoms with van der Waals surface area (Å²) in [4.78, 5) is 25.0. The van der Waals surface area contributed by atoms with Crippen LogP contribution < -0.4 is 0 Å². The number of carboxylic acid groups (broad SMARTS) is 1. The van der Waals surface area contributed by atoms with Gasteiger partial charge in [-0.3, -0.25) is 4.79 Å². The average molecular weight is 401 g/mol. The molecule has 0 aromatic heterocycles. The molecule has 29 heavy (non-hydrogen) atoms. The lowest BCUT2D eigenvalue weighted by Gasteiger charge is -2.63. The third-order valence-corrected chi connectivity index (χ3v) is 9.52. The van der Waals surface area contributed by atoms with E-state index >= 15 is 0 Å². The van der Waals surface area contributed by atoms with Gasteiger partial charge >= 0.3 is 11.9 Å². The van der Waals surface area contributed by atoms with Gasteiger partial charge in [0.1, 0.15) is 12.0 Å². The van der Waals surface area contributed by atoms with E-state index in [9.17, 15) is 14.7 Å². The third kappa shape index (κ3) is 2.92. The minimum Gasteiger partial charge on any atom is -0.481 e. The fraction of sp³-hybridized carbons (Fsp3) is 0.760. The summed E-state index contributed by atoms with van der Waals surface area (Å²) in [6.07, 6.45) is 11.2. The molecule has 0 aliphatic heterocycles. The lowest BCUT2D eigenvalue weighted by molar-refractivity contribution is -0.195. The summed E-state index contributed by atoms with van der Waals surface area (Å²) >= 11 is 0. The van der Waals surface area contributed by atoms with Crippen LogP contribution in [-0.2, 0) is 14.3 Å². The van der Waals surface area contributed by atoms with Crippen LogP contribution in [0.3, 0.4) is 0 Å². The second-order valence-corrected chi connectivity index (χ2v) is 10.7. The van der Waals surface area contributed by atoms with Crippen molar-refractivity contribution in [2.75, 3.05) is 6.61 Å². The smallest absolute Gasteiger partial charge is 0.333 e. The summed E-state index contributed by atoms with van der Waals surface area (Å²) in [6.45, 7) is 10.3. The van der Waals surface area contributed by atoms with Gasteiger partial charge in [0, 0.05) is 5.57 Å². The van der Waals surface area contributed by atoms with E-state index in [1.807, 2.05) is 0 Å². The normalized spacial score (nSPS) is 44.0. The van der Waals surface area contributed by atoms with E-state index in [-0.39, 0.29) is 23.9 Å². The maximum absolute atomic E-state index is 12.7. The van der Waals surface area contributed by atoms with Crippen molar-refractivity contribution in [2.45, 2.75) is 78.6 Å². The highest BCUT2D eigenvalue weighted by Gasteiger charge is 2.66. The standard InChI is InChI=1S/C25H36O4/c1-5-16(2)21(26)29-15-25(22(27)28)11-6-10-23(4)19-8-7-18-14-24(19,13-17(18)3)12-9-20(23)25/h5,18-20H,3,6-15H2,1-2,4H3,(H,27,28). The van der Waals surface area contributed by atoms with E-state index in [1.54, 1.807) is 19.9 Å². The van der Waals surface area contributed by atoms with E-state index in [0.29, 0.717) is 29.2 Å². The first-order valence-corrected chi connectivity index (χ1v) is 11.4. The number of hydrogen-bond acceptors (Lipinski definition) is 3. The molecule has 6 unspecified atom stereocenters. The summed E-state index contributed by atoms with van der Waals surface area (Å²) in [6, 6.07) is 0. The molecule has 160 valence electrons. The minimum atomic E-state index is -0.954. The van der Waals surface area contributed by atoms with E-state index < -0.39 is 11.4 Å². The van der Waals surface area contributed by atoms with Gasteiger partial charge < -0.3 is 9.84 Å². The molecule has 0 aromatic rings. The van der Waals surface area contributed by atoms with Crippen LogP contribution in [0, 0.1) is 34.0 Å². The van der Waals surface area contributed by atoms with Gasteiger partial charge in [0.05, 0.1) is 0 Å². The van der Waals surface area contributed by atoms with Crippen LogP contribution in [0.2, 0.25) is 0 Å². The Morgan fingerprint density at radius 1 is 1.21 bits per heavy atom. The van der Waals surface area contributed by atoms with E-state index in [4.69, 9.17) is 4.74 Å². The van der Waals surface area contributed by atoms with Crippen molar-refractivity contribution in [1.29, 1.82) is 0 Å². The molecule has 0 saturated heterocycles. The van der Waals surface area contributed by atoms with Gasteiger partial charge in [0.15, 0.2) is 0 Å². The van der Waals surface area contributed by atoms with E-state index in [0.717, 1.165) is 32.1 Å². The number of carbonyl (C=O) groups is 2. The number of carbonyl (C=O) groups excluding carboxylic acids is 1. The zero-order valence-electron chi connectivity index (χ0n) is 18.3. The maximum atomic E-state index is 12.7. The zero-order valence-corrected chi connectivity index (χ0v) is 18.3. The predicted octanol–water partition coefficient (Wildman–Crippen LogP) is 5.53. The molecule has 0 radical (unpaired) electrons. The maximum Gasteiger partial charge on any atom is 0.333 e. The largest absolute Gasteiger partial charge is 0.481 e. The molecule has 1 N–H and O–H groups in total. The van der Waals surface area contributed by atoms with Gasteiger partial charge in [0.2, 0.25) is 0 Å². The average Bonchev–Trinajstić information content (AvgIpc) is 2.92. The van der Waals surface area contributed by atoms with Crippen LogP contribution in [0.15, 0.2) is 23.8 Å². The Morgan fingerprint density at radius 3 is 2.66 bits per heavy atom. The topological polar surface area (TPSA) is 63.6 Å². The van der Waals surface area contributed by atoms with Crippen LogP contribution >= 0.6 is 0 Å². The highest BCUT2D eigenvalue weighted by Crippen LogP contribution is 2.72. The molecule has 4 aliphatic rings. The summed E-state index contributed by atoms with van der Waals surface area (Å²) in [5, 5.41) is 10.4. The van der Waals surface area contributed by atoms with Gasteiger partial charge in [-0.25, -0.2) is 4.79 Å². The first kappa shape index (κ1) is 20.7. The van der Waals surface area contributed by atoms with Crippen LogP contribution in [0.1, 0.15) is 78.6 Å². The molecule has 1 spiro atoms. The summed E-state index contributed by atoms with van der Waals surface area (Å²) in [5.74, 6) is 0.154. The summed E-state index contributed by atoms with van der Waals surface area (Å²) in [5.41, 5.74) is 1.36. The van der Waals surface area contributed by atoms with Gasteiger partial charge in [-0.2, -0.15) is 0 Å². The molecule has 4 fully saturated rings. The van der Waals surface area contributed by atoms with Gasteiger partial charge in [-0.15, -0.1) is 0 Å². The Bertz CT molecular complexity index is 767. The molecule has 4 aliphatic carbocycles. The van der Waals surface area contributed by atoms with Gasteiger partial charge in [-0.1, -0.05) is 31.6 Å². The number of carboxylic acids is 1. The van der Waals surface area contributed by atoms with Crippen molar-refractivity contribution in [2.24, 2.45) is 34.0 Å². The fourth-order valence-corrected chi connectivity index (χ4v) is 8.08. The van der Waals surface area contributed by atoms with Crippen molar-refractivity contribution in [3.8, 4) is 0 Å². The number of ether oxygens (including phenoxy) is 1. The Kier molecular flexibility index (Phi) is 4.99. The highest BCUT2D eigenvalue weighted by atomic mass is 16.5. The SMILES string of the molecule is C=C1CC23CCC4C(COC(=O)C(C)=CC)(C(=O)O)CCCC4(C)C2CCC1C3. The summed E-state index contributed by atoms with van der Waals surface area (Å²) in [7, 11) is 0. The number of esters is 1. The zero-order chi connectivity index (χ0) is 21.0. The lowest BCUT2D eigenvalue weighted by atomic mass is 9.41. The Hall–Kier alpha value is -1.58. The number of hydrogen-bond donors (Lipinski definition) is 1. The van der Waals surface area contributed by atoms with Crippen molar-refractivity contribution >= 4 is 11.9 Å². The van der Waals surface area contributed by atoms with Crippen molar-refractivity contribution in [1.82, 2.24) is 0 Å². The second-order valence-electron chi connectivity index (χ2n) is 10.7. The highest BCUT2D eigenvalue weighted by molar-refractivity contribution is 5.88. The summed E-state index contributed by atoms with van der Waals surface area (Å²) < 4.78 is 5.60. The van der Waals surface area contributed by atoms with Crippen LogP contribution in [0.5, 0.6) is 0 Å². The molecule has 0 aromatic carbocycles. The number of fused-ring (bicyclic) bond motifs is 3. The van der Waals surface area contributed by atoms with Crippen LogP contribution in [0.4, 0.5) is 0 Å². The second kappa shape index (κ2) is 6.99. The fourth-order valence-electron chi connectivity index (χ4n) is 8.08. The first-order valence-electron chi connectivity index (χ1n) is 11.4. The molecule has 4 nitrogen and oxygen atoms in total. The molecule has 4 rings (SSSR count). The lowest BCUT2D eigenvalue weighted by Crippen LogP contribution is -2.60. The molecule has 4 saturated carbocycles. The molecular weight excluding hydrogens is 364 g/mol. The van der Waals surface area contributed by atoms with Crippen molar-refractivity contribution in [3.63, 3.8) is 0 Å². The van der Waals surface area contributed by atoms with Crippen molar-refractivity contribution < 1.29 is 19.4 Å². The quantitative estimate of drug-likeness (QED) is 0.383. The first-order chi connectivity index (χ1) is 13.7. The number of rotatable bonds is 4. The Morgan fingerprint density at radius 2 is 1.97 bits per heavy atom. The molecule has 6 atom stereocenters. The number of aliphatic carboxylic acids is 1. The number of allylic oxidation sites excluding steroid dienone is 2. The molecule has 0 heterocycles. The van der Waals surface area contributed by atoms with Gasteiger partial charge in [0.25, 0.3) is 0 Å². The molecular formula is C25H36O4.